The molecule has 0 bridgehead atoms. The van der Waals surface area contributed by atoms with Crippen LogP contribution >= 0.6 is 11.6 Å². The molecule has 1 saturated carbocycles. The molecule has 0 spiro atoms. The van der Waals surface area contributed by atoms with Gasteiger partial charge in [0.1, 0.15) is 6.10 Å². The molecule has 178 valence electrons. The molecule has 1 saturated heterocycles. The van der Waals surface area contributed by atoms with E-state index in [1.54, 1.807) is 23.1 Å². The van der Waals surface area contributed by atoms with Crippen LogP contribution in [0.5, 0.6) is 6.01 Å². The fraction of sp³-hybridized carbons (Fsp3) is 0.417. The molecule has 0 atom stereocenters. The zero-order valence-corrected chi connectivity index (χ0v) is 19.3. The van der Waals surface area contributed by atoms with Gasteiger partial charge in [-0.05, 0) is 43.9 Å². The van der Waals surface area contributed by atoms with Crippen LogP contribution in [-0.2, 0) is 9.53 Å². The Balaban J connectivity index is 1.31. The third kappa shape index (κ3) is 4.71. The summed E-state index contributed by atoms with van der Waals surface area (Å²) in [7, 11) is 0. The average Bonchev–Trinajstić information content (AvgIpc) is 3.25. The molecule has 1 aliphatic heterocycles. The van der Waals surface area contributed by atoms with Gasteiger partial charge in [-0.1, -0.05) is 23.7 Å². The molecule has 2 N–H and O–H groups in total. The van der Waals surface area contributed by atoms with Crippen LogP contribution in [0.25, 0.3) is 22.4 Å². The van der Waals surface area contributed by atoms with Gasteiger partial charge in [-0.15, -0.1) is 0 Å². The van der Waals surface area contributed by atoms with E-state index in [0.29, 0.717) is 85.4 Å². The number of rotatable bonds is 5. The van der Waals surface area contributed by atoms with E-state index in [1.165, 1.54) is 0 Å². The van der Waals surface area contributed by atoms with Crippen molar-refractivity contribution >= 4 is 34.6 Å². The maximum Gasteiger partial charge on any atom is 0.306 e. The Bertz CT molecular complexity index is 1200. The van der Waals surface area contributed by atoms with Gasteiger partial charge in [-0.3, -0.25) is 9.59 Å². The number of hydrogen-bond acceptors (Lipinski definition) is 6. The first-order valence-electron chi connectivity index (χ1n) is 11.4. The molecule has 0 radical (unpaired) electrons. The van der Waals surface area contributed by atoms with E-state index in [0.717, 1.165) is 5.56 Å². The maximum atomic E-state index is 12.7. The molecule has 2 aromatic heterocycles. The highest BCUT2D eigenvalue weighted by atomic mass is 35.5. The molecule has 2 fully saturated rings. The van der Waals surface area contributed by atoms with Gasteiger partial charge >= 0.3 is 5.97 Å². The minimum atomic E-state index is -0.743. The number of aromatic amines is 1. The van der Waals surface area contributed by atoms with Crippen LogP contribution in [0.3, 0.4) is 0 Å². The van der Waals surface area contributed by atoms with Crippen molar-refractivity contribution in [3.05, 3.63) is 40.9 Å². The minimum Gasteiger partial charge on any atom is -0.481 e. The molecule has 2 aliphatic rings. The van der Waals surface area contributed by atoms with Gasteiger partial charge in [-0.2, -0.15) is 4.98 Å². The van der Waals surface area contributed by atoms with Crippen LogP contribution in [-0.4, -0.2) is 69.2 Å². The number of ether oxygens (including phenoxy) is 2. The van der Waals surface area contributed by atoms with Crippen molar-refractivity contribution in [1.82, 2.24) is 19.9 Å². The Labute approximate surface area is 201 Å². The summed E-state index contributed by atoms with van der Waals surface area (Å²) in [5.74, 6) is -1.06. The van der Waals surface area contributed by atoms with E-state index in [9.17, 15) is 9.59 Å². The van der Waals surface area contributed by atoms with Crippen LogP contribution in [0.1, 0.15) is 36.0 Å². The van der Waals surface area contributed by atoms with Crippen molar-refractivity contribution < 1.29 is 24.2 Å². The molecule has 1 amide bonds. The number of hydrogen-bond donors (Lipinski definition) is 2. The van der Waals surface area contributed by atoms with E-state index < -0.39 is 5.97 Å². The normalized spacial score (nSPS) is 20.9. The molecule has 1 aromatic carbocycles. The SMILES string of the molecule is O=C(O)C1CCC(Oc2nc3nc(-c4ccc(C(=O)N5CCOCC5)cc4)c(Cl)cc3[nH]2)CC1. The third-order valence-electron chi connectivity index (χ3n) is 6.41. The number of fused-ring (bicyclic) bond motifs is 1. The number of nitrogens with one attached hydrogen (secondary N) is 1. The molecule has 9 nitrogen and oxygen atoms in total. The first-order chi connectivity index (χ1) is 16.5. The van der Waals surface area contributed by atoms with E-state index in [-0.39, 0.29) is 17.9 Å². The first-order valence-corrected chi connectivity index (χ1v) is 11.8. The summed E-state index contributed by atoms with van der Waals surface area (Å²) in [4.78, 5) is 37.8. The van der Waals surface area contributed by atoms with Crippen LogP contribution in [0.15, 0.2) is 30.3 Å². The van der Waals surface area contributed by atoms with Gasteiger partial charge in [0.25, 0.3) is 11.9 Å². The number of amides is 1. The number of benzene rings is 1. The highest BCUT2D eigenvalue weighted by Gasteiger charge is 2.27. The Kier molecular flexibility index (Phi) is 6.38. The smallest absolute Gasteiger partial charge is 0.306 e. The topological polar surface area (TPSA) is 118 Å². The van der Waals surface area contributed by atoms with Gasteiger partial charge in [0.2, 0.25) is 0 Å². The van der Waals surface area contributed by atoms with Gasteiger partial charge in [0, 0.05) is 24.2 Å². The summed E-state index contributed by atoms with van der Waals surface area (Å²) < 4.78 is 11.3. The third-order valence-corrected chi connectivity index (χ3v) is 6.70. The van der Waals surface area contributed by atoms with E-state index in [2.05, 4.69) is 15.0 Å². The highest BCUT2D eigenvalue weighted by Crippen LogP contribution is 2.31. The van der Waals surface area contributed by atoms with Gasteiger partial charge in [-0.25, -0.2) is 4.98 Å². The number of morpholine rings is 1. The zero-order valence-electron chi connectivity index (χ0n) is 18.5. The number of aromatic nitrogens is 3. The van der Waals surface area contributed by atoms with Crippen molar-refractivity contribution in [2.75, 3.05) is 26.3 Å². The summed E-state index contributed by atoms with van der Waals surface area (Å²) in [5.41, 5.74) is 3.09. The van der Waals surface area contributed by atoms with Crippen LogP contribution in [0.2, 0.25) is 5.02 Å². The second kappa shape index (κ2) is 9.60. The molecule has 1 aliphatic carbocycles. The predicted molar refractivity (Wildman–Crippen MR) is 125 cm³/mol. The molecular weight excluding hydrogens is 460 g/mol. The average molecular weight is 485 g/mol. The Hall–Kier alpha value is -3.17. The van der Waals surface area contributed by atoms with Gasteiger partial charge in [0.15, 0.2) is 5.65 Å². The number of imidazole rings is 1. The first kappa shape index (κ1) is 22.6. The highest BCUT2D eigenvalue weighted by molar-refractivity contribution is 6.33. The van der Waals surface area contributed by atoms with E-state index in [4.69, 9.17) is 26.2 Å². The summed E-state index contributed by atoms with van der Waals surface area (Å²) in [6.45, 7) is 2.30. The molecule has 3 heterocycles. The standard InChI is InChI=1S/C24H25ClN4O5/c25-18-13-19-21(28-24(26-19)34-17-7-5-16(6-8-17)23(31)32)27-20(18)14-1-3-15(4-2-14)22(30)29-9-11-33-12-10-29/h1-4,13,16-17H,5-12H2,(H,31,32)(H,26,27,28). The molecule has 10 heteroatoms. The quantitative estimate of drug-likeness (QED) is 0.565. The summed E-state index contributed by atoms with van der Waals surface area (Å²) in [5, 5.41) is 9.61. The van der Waals surface area contributed by atoms with Crippen molar-refractivity contribution in [1.29, 1.82) is 0 Å². The molecular formula is C24H25ClN4O5. The van der Waals surface area contributed by atoms with Crippen molar-refractivity contribution in [3.8, 4) is 17.3 Å². The zero-order chi connectivity index (χ0) is 23.7. The number of carboxylic acids is 1. The second-order valence-corrected chi connectivity index (χ2v) is 9.05. The molecule has 34 heavy (non-hydrogen) atoms. The van der Waals surface area contributed by atoms with Crippen LogP contribution in [0.4, 0.5) is 0 Å². The number of carboxylic acid groups (broad SMARTS) is 1. The number of halogens is 1. The van der Waals surface area contributed by atoms with Gasteiger partial charge in [0.05, 0.1) is 35.4 Å². The summed E-state index contributed by atoms with van der Waals surface area (Å²) in [6, 6.07) is 9.33. The Morgan fingerprint density at radius 2 is 1.79 bits per heavy atom. The van der Waals surface area contributed by atoms with Crippen molar-refractivity contribution in [2.24, 2.45) is 5.92 Å². The molecule has 0 unspecified atom stereocenters. The second-order valence-electron chi connectivity index (χ2n) is 8.64. The minimum absolute atomic E-state index is 0.0177. The number of H-pyrrole nitrogens is 1. The van der Waals surface area contributed by atoms with E-state index in [1.807, 2.05) is 12.1 Å². The molecule has 5 rings (SSSR count). The molecule has 3 aromatic rings. The van der Waals surface area contributed by atoms with Crippen molar-refractivity contribution in [2.45, 2.75) is 31.8 Å². The lowest BCUT2D eigenvalue weighted by atomic mass is 9.87. The lowest BCUT2D eigenvalue weighted by molar-refractivity contribution is -0.143. The number of nitrogens with zero attached hydrogens (tertiary/aromatic N) is 3. The number of pyridine rings is 1. The fourth-order valence-electron chi connectivity index (χ4n) is 4.46. The summed E-state index contributed by atoms with van der Waals surface area (Å²) in [6.07, 6.45) is 2.45. The Morgan fingerprint density at radius 1 is 1.09 bits per heavy atom. The maximum absolute atomic E-state index is 12.7. The van der Waals surface area contributed by atoms with Crippen LogP contribution < -0.4 is 4.74 Å². The van der Waals surface area contributed by atoms with Crippen LogP contribution in [0, 0.1) is 5.92 Å². The number of carbonyl (C=O) groups excluding carboxylic acids is 1. The largest absolute Gasteiger partial charge is 0.481 e. The van der Waals surface area contributed by atoms with Crippen molar-refractivity contribution in [3.63, 3.8) is 0 Å². The lowest BCUT2D eigenvalue weighted by Crippen LogP contribution is -2.40. The monoisotopic (exact) mass is 484 g/mol. The Morgan fingerprint density at radius 3 is 2.47 bits per heavy atom. The van der Waals surface area contributed by atoms with Gasteiger partial charge < -0.3 is 24.5 Å². The lowest BCUT2D eigenvalue weighted by Gasteiger charge is -2.26. The predicted octanol–water partition coefficient (Wildman–Crippen LogP) is 3.77. The fourth-order valence-corrected chi connectivity index (χ4v) is 4.72. The number of aliphatic carboxylic acids is 1. The number of carbonyl (C=O) groups is 2. The summed E-state index contributed by atoms with van der Waals surface area (Å²) >= 11 is 6.51. The van der Waals surface area contributed by atoms with E-state index >= 15 is 0 Å².